The summed E-state index contributed by atoms with van der Waals surface area (Å²) >= 11 is 0. The zero-order chi connectivity index (χ0) is 19.7. The monoisotopic (exact) mass is 386 g/mol. The van der Waals surface area contributed by atoms with Crippen LogP contribution in [0.3, 0.4) is 0 Å². The Balaban J connectivity index is 1.38. The van der Waals surface area contributed by atoms with Gasteiger partial charge in [0.2, 0.25) is 5.88 Å². The van der Waals surface area contributed by atoms with Crippen molar-refractivity contribution in [2.75, 3.05) is 19.7 Å². The molecule has 1 fully saturated rings. The van der Waals surface area contributed by atoms with Crippen molar-refractivity contribution in [2.24, 2.45) is 5.92 Å². The number of aryl methyl sites for hydroxylation is 1. The number of nitrogens with one attached hydrogen (secondary N) is 2. The van der Waals surface area contributed by atoms with Gasteiger partial charge in [0, 0.05) is 30.9 Å². The number of carbonyl (C=O) groups excluding carboxylic acids is 2. The topological polar surface area (TPSA) is 118 Å². The van der Waals surface area contributed by atoms with Crippen LogP contribution in [-0.4, -0.2) is 52.4 Å². The van der Waals surface area contributed by atoms with Gasteiger partial charge in [0.15, 0.2) is 0 Å². The Morgan fingerprint density at radius 2 is 2.25 bits per heavy atom. The van der Waals surface area contributed by atoms with E-state index in [-0.39, 0.29) is 29.5 Å². The van der Waals surface area contributed by atoms with Crippen molar-refractivity contribution >= 4 is 11.8 Å². The van der Waals surface area contributed by atoms with E-state index in [0.717, 1.165) is 24.7 Å². The van der Waals surface area contributed by atoms with Gasteiger partial charge in [0.05, 0.1) is 12.2 Å². The minimum absolute atomic E-state index is 0.0489. The second kappa shape index (κ2) is 7.49. The lowest BCUT2D eigenvalue weighted by atomic mass is 9.93. The number of amides is 2. The van der Waals surface area contributed by atoms with Crippen LogP contribution >= 0.6 is 0 Å². The summed E-state index contributed by atoms with van der Waals surface area (Å²) in [7, 11) is 0. The lowest BCUT2D eigenvalue weighted by Crippen LogP contribution is -2.51. The van der Waals surface area contributed by atoms with Crippen molar-refractivity contribution < 1.29 is 18.7 Å². The summed E-state index contributed by atoms with van der Waals surface area (Å²) in [5.41, 5.74) is 1.62. The summed E-state index contributed by atoms with van der Waals surface area (Å²) in [6.45, 7) is 3.61. The molecular formula is C19H22N4O5. The number of aromatic amines is 1. The van der Waals surface area contributed by atoms with Crippen LogP contribution in [0.25, 0.3) is 0 Å². The van der Waals surface area contributed by atoms with E-state index in [0.29, 0.717) is 37.6 Å². The Labute approximate surface area is 161 Å². The Hall–Kier alpha value is -3.10. The van der Waals surface area contributed by atoms with E-state index in [2.05, 4.69) is 19.7 Å². The number of likely N-dealkylation sites (tertiary alicyclic amines) is 1. The molecule has 0 aromatic carbocycles. The molecule has 28 heavy (non-hydrogen) atoms. The number of oxazole rings is 1. The standard InChI is InChI=1S/C19H22N4O5/c1-11-9-23(18(25)15-10-28-19(26)22-15)5-4-14(11)21-16(24)13-7-12-3-2-6-27-17(12)20-8-13/h7-8,10-11,14H,2-6,9H2,1H3,(H,21,24)(H,22,26). The molecule has 2 unspecified atom stereocenters. The number of carbonyl (C=O) groups is 2. The van der Waals surface area contributed by atoms with Gasteiger partial charge in [-0.1, -0.05) is 6.92 Å². The molecule has 9 heteroatoms. The first-order valence-corrected chi connectivity index (χ1v) is 9.41. The quantitative estimate of drug-likeness (QED) is 0.812. The highest BCUT2D eigenvalue weighted by Crippen LogP contribution is 2.23. The lowest BCUT2D eigenvalue weighted by Gasteiger charge is -2.37. The summed E-state index contributed by atoms with van der Waals surface area (Å²) < 4.78 is 10.1. The van der Waals surface area contributed by atoms with E-state index < -0.39 is 5.76 Å². The van der Waals surface area contributed by atoms with Crippen LogP contribution < -0.4 is 15.8 Å². The molecule has 0 radical (unpaired) electrons. The molecule has 2 aromatic heterocycles. The van der Waals surface area contributed by atoms with E-state index >= 15 is 0 Å². The van der Waals surface area contributed by atoms with E-state index in [1.807, 2.05) is 13.0 Å². The fourth-order valence-electron chi connectivity index (χ4n) is 3.71. The molecular weight excluding hydrogens is 364 g/mol. The molecule has 2 N–H and O–H groups in total. The highest BCUT2D eigenvalue weighted by molar-refractivity contribution is 5.94. The first-order chi connectivity index (χ1) is 13.5. The Morgan fingerprint density at radius 1 is 1.39 bits per heavy atom. The molecule has 148 valence electrons. The molecule has 2 aliphatic heterocycles. The van der Waals surface area contributed by atoms with Gasteiger partial charge in [-0.05, 0) is 31.2 Å². The lowest BCUT2D eigenvalue weighted by molar-refractivity contribution is 0.0627. The summed E-state index contributed by atoms with van der Waals surface area (Å²) in [4.78, 5) is 44.5. The van der Waals surface area contributed by atoms with Gasteiger partial charge >= 0.3 is 5.76 Å². The Bertz CT molecular complexity index is 950. The maximum absolute atomic E-state index is 12.7. The summed E-state index contributed by atoms with van der Waals surface area (Å²) in [6.07, 6.45) is 5.08. The third-order valence-corrected chi connectivity index (χ3v) is 5.28. The smallest absolute Gasteiger partial charge is 0.416 e. The first-order valence-electron chi connectivity index (χ1n) is 9.41. The summed E-state index contributed by atoms with van der Waals surface area (Å²) in [5.74, 6) is -0.421. The average molecular weight is 386 g/mol. The van der Waals surface area contributed by atoms with Gasteiger partial charge in [0.25, 0.3) is 11.8 Å². The fourth-order valence-corrected chi connectivity index (χ4v) is 3.71. The van der Waals surface area contributed by atoms with Crippen LogP contribution in [0.15, 0.2) is 27.7 Å². The molecule has 2 amide bonds. The predicted octanol–water partition coefficient (Wildman–Crippen LogP) is 0.968. The van der Waals surface area contributed by atoms with Crippen LogP contribution in [0.5, 0.6) is 5.88 Å². The van der Waals surface area contributed by atoms with Crippen LogP contribution in [0, 0.1) is 5.92 Å². The fraction of sp³-hybridized carbons (Fsp3) is 0.474. The van der Waals surface area contributed by atoms with Gasteiger partial charge < -0.3 is 19.4 Å². The summed E-state index contributed by atoms with van der Waals surface area (Å²) in [5, 5.41) is 3.06. The van der Waals surface area contributed by atoms with Crippen molar-refractivity contribution in [2.45, 2.75) is 32.2 Å². The second-order valence-corrected chi connectivity index (χ2v) is 7.30. The summed E-state index contributed by atoms with van der Waals surface area (Å²) in [6, 6.07) is 1.79. The SMILES string of the molecule is CC1CN(C(=O)c2coc(=O)[nH]2)CCC1NC(=O)c1cnc2c(c1)CCCO2. The third-order valence-electron chi connectivity index (χ3n) is 5.28. The van der Waals surface area contributed by atoms with Crippen molar-refractivity contribution in [1.82, 2.24) is 20.2 Å². The number of aromatic nitrogens is 2. The molecule has 2 aromatic rings. The van der Waals surface area contributed by atoms with E-state index in [1.165, 1.54) is 6.20 Å². The normalized spacial score (nSPS) is 21.5. The maximum atomic E-state index is 12.7. The van der Waals surface area contributed by atoms with E-state index in [4.69, 9.17) is 4.74 Å². The molecule has 0 spiro atoms. The molecule has 2 aliphatic rings. The van der Waals surface area contributed by atoms with Crippen LogP contribution in [0.2, 0.25) is 0 Å². The zero-order valence-corrected chi connectivity index (χ0v) is 15.6. The van der Waals surface area contributed by atoms with Crippen molar-refractivity contribution in [3.8, 4) is 5.88 Å². The first kappa shape index (κ1) is 18.3. The number of nitrogens with zero attached hydrogens (tertiary/aromatic N) is 2. The molecule has 2 atom stereocenters. The Kier molecular flexibility index (Phi) is 4.89. The molecule has 0 bridgehead atoms. The number of piperidine rings is 1. The number of rotatable bonds is 3. The van der Waals surface area contributed by atoms with Gasteiger partial charge in [-0.3, -0.25) is 14.6 Å². The maximum Gasteiger partial charge on any atom is 0.416 e. The minimum atomic E-state index is -0.650. The molecule has 0 aliphatic carbocycles. The number of pyridine rings is 1. The zero-order valence-electron chi connectivity index (χ0n) is 15.6. The molecule has 0 saturated carbocycles. The Morgan fingerprint density at radius 3 is 3.00 bits per heavy atom. The molecule has 4 rings (SSSR count). The van der Waals surface area contributed by atoms with Crippen LogP contribution in [0.1, 0.15) is 46.2 Å². The largest absolute Gasteiger partial charge is 0.477 e. The van der Waals surface area contributed by atoms with Crippen LogP contribution in [0.4, 0.5) is 0 Å². The number of ether oxygens (including phenoxy) is 1. The van der Waals surface area contributed by atoms with Gasteiger partial charge in [-0.2, -0.15) is 0 Å². The van der Waals surface area contributed by atoms with Gasteiger partial charge in [-0.25, -0.2) is 9.78 Å². The third kappa shape index (κ3) is 3.64. The molecule has 4 heterocycles. The number of fused-ring (bicyclic) bond motifs is 1. The number of H-pyrrole nitrogens is 1. The van der Waals surface area contributed by atoms with E-state index in [9.17, 15) is 14.4 Å². The van der Waals surface area contributed by atoms with Gasteiger partial charge in [0.1, 0.15) is 12.0 Å². The van der Waals surface area contributed by atoms with Gasteiger partial charge in [-0.15, -0.1) is 0 Å². The predicted molar refractivity (Wildman–Crippen MR) is 98.3 cm³/mol. The molecule has 9 nitrogen and oxygen atoms in total. The number of hydrogen-bond acceptors (Lipinski definition) is 6. The highest BCUT2D eigenvalue weighted by Gasteiger charge is 2.31. The highest BCUT2D eigenvalue weighted by atomic mass is 16.5. The second-order valence-electron chi connectivity index (χ2n) is 7.30. The molecule has 1 saturated heterocycles. The van der Waals surface area contributed by atoms with Crippen molar-refractivity contribution in [3.05, 3.63) is 45.9 Å². The van der Waals surface area contributed by atoms with Crippen molar-refractivity contribution in [3.63, 3.8) is 0 Å². The van der Waals surface area contributed by atoms with Crippen LogP contribution in [-0.2, 0) is 6.42 Å². The van der Waals surface area contributed by atoms with E-state index in [1.54, 1.807) is 4.90 Å². The van der Waals surface area contributed by atoms with Crippen molar-refractivity contribution in [1.29, 1.82) is 0 Å². The average Bonchev–Trinajstić information content (AvgIpc) is 3.14. The minimum Gasteiger partial charge on any atom is -0.477 e. The number of hydrogen-bond donors (Lipinski definition) is 2.